The molecule has 118 valence electrons. The lowest BCUT2D eigenvalue weighted by Crippen LogP contribution is -1.97. The van der Waals surface area contributed by atoms with E-state index in [1.807, 2.05) is 12.1 Å². The van der Waals surface area contributed by atoms with Gasteiger partial charge < -0.3 is 14.9 Å². The molecule has 0 aliphatic heterocycles. The summed E-state index contributed by atoms with van der Waals surface area (Å²) in [6.07, 6.45) is 0. The van der Waals surface area contributed by atoms with Crippen LogP contribution in [0, 0.1) is 0 Å². The molecule has 0 saturated carbocycles. The van der Waals surface area contributed by atoms with Crippen LogP contribution in [0.15, 0.2) is 45.3 Å². The molecule has 0 spiro atoms. The van der Waals surface area contributed by atoms with Crippen molar-refractivity contribution in [1.82, 2.24) is 10.2 Å². The molecule has 0 radical (unpaired) electrons. The first-order chi connectivity index (χ1) is 11.0. The van der Waals surface area contributed by atoms with E-state index in [0.717, 1.165) is 15.6 Å². The van der Waals surface area contributed by atoms with E-state index in [1.54, 1.807) is 24.3 Å². The number of aromatic nitrogens is 2. The zero-order valence-corrected chi connectivity index (χ0v) is 14.7. The molecule has 8 heteroatoms. The zero-order chi connectivity index (χ0) is 16.4. The number of anilines is 1. The maximum absolute atomic E-state index is 6.13. The summed E-state index contributed by atoms with van der Waals surface area (Å²) in [7, 11) is 0. The minimum atomic E-state index is 0.0221. The van der Waals surface area contributed by atoms with Crippen LogP contribution in [0.3, 0.4) is 0 Å². The fraction of sp³-hybridized carbons (Fsp3) is 0.0667. The second kappa shape index (κ2) is 6.78. The van der Waals surface area contributed by atoms with Gasteiger partial charge in [0.05, 0.1) is 4.47 Å². The molecule has 3 aromatic rings. The fourth-order valence-electron chi connectivity index (χ4n) is 1.90. The summed E-state index contributed by atoms with van der Waals surface area (Å²) in [4.78, 5) is 0. The van der Waals surface area contributed by atoms with Gasteiger partial charge in [0.25, 0.3) is 0 Å². The van der Waals surface area contributed by atoms with Crippen LogP contribution in [0.25, 0.3) is 11.5 Å². The molecule has 0 aliphatic rings. The van der Waals surface area contributed by atoms with Gasteiger partial charge in [0.2, 0.25) is 5.89 Å². The van der Waals surface area contributed by atoms with Crippen molar-refractivity contribution >= 4 is 45.1 Å². The van der Waals surface area contributed by atoms with Crippen LogP contribution in [0.5, 0.6) is 5.75 Å². The highest BCUT2D eigenvalue weighted by Gasteiger charge is 2.10. The predicted octanol–water partition coefficient (Wildman–Crippen LogP) is 4.97. The Morgan fingerprint density at radius 2 is 1.96 bits per heavy atom. The molecule has 0 amide bonds. The number of halogens is 3. The van der Waals surface area contributed by atoms with Gasteiger partial charge in [-0.05, 0) is 46.3 Å². The first-order valence-electron chi connectivity index (χ1n) is 6.48. The van der Waals surface area contributed by atoms with Gasteiger partial charge in [0, 0.05) is 21.2 Å². The standard InChI is InChI=1S/C15H10BrCl2N3O2/c16-11-5-8(14-20-21-15(19)23-14)2-4-13(11)22-7-9-1-3-10(17)6-12(9)18/h1-6H,7H2,(H2,19,21). The topological polar surface area (TPSA) is 74.2 Å². The third-order valence-corrected chi connectivity index (χ3v) is 4.22. The van der Waals surface area contributed by atoms with Gasteiger partial charge in [0.15, 0.2) is 0 Å². The van der Waals surface area contributed by atoms with Gasteiger partial charge >= 0.3 is 6.01 Å². The zero-order valence-electron chi connectivity index (χ0n) is 11.6. The number of nitrogens with two attached hydrogens (primary N) is 1. The lowest BCUT2D eigenvalue weighted by molar-refractivity contribution is 0.304. The average molecular weight is 415 g/mol. The van der Waals surface area contributed by atoms with Crippen molar-refractivity contribution < 1.29 is 9.15 Å². The Labute approximate surface area is 150 Å². The third-order valence-electron chi connectivity index (χ3n) is 3.02. The summed E-state index contributed by atoms with van der Waals surface area (Å²) in [6, 6.07) is 10.7. The number of ether oxygens (including phenoxy) is 1. The van der Waals surface area contributed by atoms with Crippen LogP contribution >= 0.6 is 39.1 Å². The molecular weight excluding hydrogens is 405 g/mol. The Hall–Kier alpha value is -1.76. The Balaban J connectivity index is 1.76. The van der Waals surface area contributed by atoms with Crippen molar-refractivity contribution in [3.63, 3.8) is 0 Å². The minimum Gasteiger partial charge on any atom is -0.488 e. The van der Waals surface area contributed by atoms with Gasteiger partial charge in [-0.2, -0.15) is 0 Å². The summed E-state index contributed by atoms with van der Waals surface area (Å²) >= 11 is 15.5. The number of nitrogens with zero attached hydrogens (tertiary/aromatic N) is 2. The van der Waals surface area contributed by atoms with Crippen LogP contribution < -0.4 is 10.5 Å². The lowest BCUT2D eigenvalue weighted by Gasteiger charge is -2.10. The van der Waals surface area contributed by atoms with Gasteiger partial charge in [-0.25, -0.2) is 0 Å². The molecule has 0 fully saturated rings. The van der Waals surface area contributed by atoms with E-state index >= 15 is 0 Å². The van der Waals surface area contributed by atoms with Crippen molar-refractivity contribution in [2.75, 3.05) is 5.73 Å². The third kappa shape index (κ3) is 3.77. The molecule has 0 aliphatic carbocycles. The highest BCUT2D eigenvalue weighted by atomic mass is 79.9. The van der Waals surface area contributed by atoms with Crippen molar-refractivity contribution in [1.29, 1.82) is 0 Å². The van der Waals surface area contributed by atoms with Gasteiger partial charge in [-0.1, -0.05) is 34.4 Å². The van der Waals surface area contributed by atoms with Crippen LogP contribution in [-0.4, -0.2) is 10.2 Å². The number of hydrogen-bond donors (Lipinski definition) is 1. The van der Waals surface area contributed by atoms with Crippen LogP contribution in [-0.2, 0) is 6.61 Å². The Morgan fingerprint density at radius 1 is 1.13 bits per heavy atom. The molecule has 3 rings (SSSR count). The highest BCUT2D eigenvalue weighted by Crippen LogP contribution is 2.31. The smallest absolute Gasteiger partial charge is 0.313 e. The maximum atomic E-state index is 6.13. The maximum Gasteiger partial charge on any atom is 0.313 e. The van der Waals surface area contributed by atoms with E-state index in [0.29, 0.717) is 28.3 Å². The largest absolute Gasteiger partial charge is 0.488 e. The van der Waals surface area contributed by atoms with E-state index in [4.69, 9.17) is 38.1 Å². The van der Waals surface area contributed by atoms with E-state index in [9.17, 15) is 0 Å². The normalized spacial score (nSPS) is 10.7. The first-order valence-corrected chi connectivity index (χ1v) is 8.03. The van der Waals surface area contributed by atoms with Gasteiger partial charge in [-0.3, -0.25) is 0 Å². The lowest BCUT2D eigenvalue weighted by atomic mass is 10.2. The van der Waals surface area contributed by atoms with Crippen molar-refractivity contribution in [3.8, 4) is 17.2 Å². The molecule has 0 unspecified atom stereocenters. The molecule has 0 bridgehead atoms. The number of benzene rings is 2. The Bertz CT molecular complexity index is 854. The van der Waals surface area contributed by atoms with E-state index < -0.39 is 0 Å². The molecule has 2 N–H and O–H groups in total. The van der Waals surface area contributed by atoms with Crippen LogP contribution in [0.2, 0.25) is 10.0 Å². The Kier molecular flexibility index (Phi) is 4.75. The van der Waals surface area contributed by atoms with Crippen LogP contribution in [0.4, 0.5) is 6.01 Å². The van der Waals surface area contributed by atoms with Crippen LogP contribution in [0.1, 0.15) is 5.56 Å². The second-order valence-electron chi connectivity index (χ2n) is 4.62. The fourth-order valence-corrected chi connectivity index (χ4v) is 2.85. The molecule has 0 saturated heterocycles. The highest BCUT2D eigenvalue weighted by molar-refractivity contribution is 9.10. The quantitative estimate of drug-likeness (QED) is 0.652. The van der Waals surface area contributed by atoms with Crippen molar-refractivity contribution in [3.05, 3.63) is 56.5 Å². The summed E-state index contributed by atoms with van der Waals surface area (Å²) in [5, 5.41) is 8.61. The summed E-state index contributed by atoms with van der Waals surface area (Å²) in [5.41, 5.74) is 7.00. The van der Waals surface area contributed by atoms with E-state index in [2.05, 4.69) is 26.1 Å². The summed E-state index contributed by atoms with van der Waals surface area (Å²) in [5.74, 6) is 1.00. The molecule has 2 aromatic carbocycles. The predicted molar refractivity (Wildman–Crippen MR) is 92.6 cm³/mol. The van der Waals surface area contributed by atoms with Gasteiger partial charge in [-0.15, -0.1) is 5.10 Å². The Morgan fingerprint density at radius 3 is 2.61 bits per heavy atom. The molecule has 1 heterocycles. The first kappa shape index (κ1) is 16.1. The molecule has 23 heavy (non-hydrogen) atoms. The number of hydrogen-bond acceptors (Lipinski definition) is 5. The van der Waals surface area contributed by atoms with Gasteiger partial charge in [0.1, 0.15) is 12.4 Å². The SMILES string of the molecule is Nc1nnc(-c2ccc(OCc3ccc(Cl)cc3Cl)c(Br)c2)o1. The van der Waals surface area contributed by atoms with E-state index in [-0.39, 0.29) is 6.01 Å². The van der Waals surface area contributed by atoms with Crippen molar-refractivity contribution in [2.45, 2.75) is 6.61 Å². The molecule has 5 nitrogen and oxygen atoms in total. The molecule has 0 atom stereocenters. The number of rotatable bonds is 4. The summed E-state index contributed by atoms with van der Waals surface area (Å²) < 4.78 is 11.7. The van der Waals surface area contributed by atoms with E-state index in [1.165, 1.54) is 0 Å². The number of nitrogen functional groups attached to an aromatic ring is 1. The molecular formula is C15H10BrCl2N3O2. The average Bonchev–Trinajstić information content (AvgIpc) is 2.94. The monoisotopic (exact) mass is 413 g/mol. The molecule has 1 aromatic heterocycles. The van der Waals surface area contributed by atoms with Crippen molar-refractivity contribution in [2.24, 2.45) is 0 Å². The second-order valence-corrected chi connectivity index (χ2v) is 6.31. The summed E-state index contributed by atoms with van der Waals surface area (Å²) in [6.45, 7) is 0.321. The minimum absolute atomic E-state index is 0.0221.